The molecule has 1 aliphatic rings. The van der Waals surface area contributed by atoms with E-state index in [1.165, 1.54) is 25.7 Å². The van der Waals surface area contributed by atoms with Gasteiger partial charge < -0.3 is 5.32 Å². The third kappa shape index (κ3) is 2.98. The van der Waals surface area contributed by atoms with Crippen molar-refractivity contribution in [3.63, 3.8) is 0 Å². The average Bonchev–Trinajstić information content (AvgIpc) is 2.43. The molecule has 0 bridgehead atoms. The summed E-state index contributed by atoms with van der Waals surface area (Å²) in [5, 5.41) is 3.43. The van der Waals surface area contributed by atoms with Crippen LogP contribution in [-0.4, -0.2) is 13.1 Å². The van der Waals surface area contributed by atoms with Crippen LogP contribution in [0.4, 0.5) is 0 Å². The molecular weight excluding hydrogens is 158 g/mol. The largest absolute Gasteiger partial charge is 0.317 e. The Labute approximate surface area is 83.3 Å². The number of rotatable bonds is 4. The Kier molecular flexibility index (Phi) is 4.24. The Morgan fingerprint density at radius 3 is 2.46 bits per heavy atom. The van der Waals surface area contributed by atoms with E-state index in [1.54, 1.807) is 0 Å². The van der Waals surface area contributed by atoms with Gasteiger partial charge in [-0.15, -0.1) is 0 Å². The predicted molar refractivity (Wildman–Crippen MR) is 58.8 cm³/mol. The molecule has 13 heavy (non-hydrogen) atoms. The van der Waals surface area contributed by atoms with Crippen LogP contribution in [0.3, 0.4) is 0 Å². The minimum atomic E-state index is 0.789. The lowest BCUT2D eigenvalue weighted by molar-refractivity contribution is 0.326. The average molecular weight is 183 g/mol. The molecule has 1 N–H and O–H groups in total. The van der Waals surface area contributed by atoms with Crippen LogP contribution >= 0.6 is 0 Å². The Morgan fingerprint density at radius 1 is 1.31 bits per heavy atom. The van der Waals surface area contributed by atoms with Crippen molar-refractivity contribution in [3.8, 4) is 0 Å². The van der Waals surface area contributed by atoms with E-state index in [0.29, 0.717) is 0 Å². The van der Waals surface area contributed by atoms with Crippen molar-refractivity contribution in [3.05, 3.63) is 0 Å². The Balaban J connectivity index is 2.28. The van der Waals surface area contributed by atoms with E-state index in [9.17, 15) is 0 Å². The molecule has 1 saturated carbocycles. The Bertz CT molecular complexity index is 142. The molecule has 1 rings (SSSR count). The van der Waals surface area contributed by atoms with Crippen molar-refractivity contribution in [2.24, 2.45) is 17.8 Å². The second-order valence-electron chi connectivity index (χ2n) is 5.06. The number of nitrogens with one attached hydrogen (secondary N) is 1. The van der Waals surface area contributed by atoms with E-state index in [1.807, 2.05) is 0 Å². The first-order valence-corrected chi connectivity index (χ1v) is 5.82. The lowest BCUT2D eigenvalue weighted by Crippen LogP contribution is -2.29. The van der Waals surface area contributed by atoms with Crippen LogP contribution in [0.5, 0.6) is 0 Å². The molecule has 1 aliphatic carbocycles. The summed E-state index contributed by atoms with van der Waals surface area (Å²) in [4.78, 5) is 0. The summed E-state index contributed by atoms with van der Waals surface area (Å²) in [6.45, 7) is 7.07. The summed E-state index contributed by atoms with van der Waals surface area (Å²) in [5.41, 5.74) is 0. The molecule has 0 amide bonds. The molecule has 0 aromatic heterocycles. The Morgan fingerprint density at radius 2 is 2.00 bits per heavy atom. The highest BCUT2D eigenvalue weighted by Gasteiger charge is 2.30. The molecule has 3 unspecified atom stereocenters. The van der Waals surface area contributed by atoms with Gasteiger partial charge in [-0.05, 0) is 44.1 Å². The second kappa shape index (κ2) is 4.99. The van der Waals surface area contributed by atoms with Crippen LogP contribution in [0.1, 0.15) is 46.5 Å². The monoisotopic (exact) mass is 183 g/mol. The van der Waals surface area contributed by atoms with Crippen molar-refractivity contribution in [2.75, 3.05) is 7.05 Å². The maximum absolute atomic E-state index is 3.43. The molecule has 3 atom stereocenters. The summed E-state index contributed by atoms with van der Waals surface area (Å²) in [6, 6.07) is 0.789. The normalized spacial score (nSPS) is 34.4. The number of hydrogen-bond acceptors (Lipinski definition) is 1. The number of hydrogen-bond donors (Lipinski definition) is 1. The summed E-state index contributed by atoms with van der Waals surface area (Å²) in [5.74, 6) is 2.75. The SMILES string of the molecule is CNC1CCC(CCC(C)C)C1C. The second-order valence-corrected chi connectivity index (χ2v) is 5.06. The Hall–Kier alpha value is -0.0400. The molecule has 1 nitrogen and oxygen atoms in total. The van der Waals surface area contributed by atoms with Crippen LogP contribution < -0.4 is 5.32 Å². The van der Waals surface area contributed by atoms with Crippen LogP contribution in [0, 0.1) is 17.8 Å². The summed E-state index contributed by atoms with van der Waals surface area (Å²) < 4.78 is 0. The molecule has 0 aliphatic heterocycles. The van der Waals surface area contributed by atoms with Crippen molar-refractivity contribution < 1.29 is 0 Å². The fraction of sp³-hybridized carbons (Fsp3) is 1.00. The maximum Gasteiger partial charge on any atom is 0.00924 e. The molecule has 0 aromatic carbocycles. The van der Waals surface area contributed by atoms with Gasteiger partial charge in [-0.25, -0.2) is 0 Å². The molecular formula is C12H25N. The summed E-state index contributed by atoms with van der Waals surface area (Å²) >= 11 is 0. The molecule has 0 radical (unpaired) electrons. The van der Waals surface area contributed by atoms with Gasteiger partial charge in [0, 0.05) is 6.04 Å². The fourth-order valence-electron chi connectivity index (χ4n) is 2.61. The van der Waals surface area contributed by atoms with Crippen molar-refractivity contribution in [1.82, 2.24) is 5.32 Å². The van der Waals surface area contributed by atoms with Crippen LogP contribution in [0.2, 0.25) is 0 Å². The zero-order valence-corrected chi connectivity index (χ0v) is 9.64. The highest BCUT2D eigenvalue weighted by molar-refractivity contribution is 4.85. The minimum Gasteiger partial charge on any atom is -0.317 e. The van der Waals surface area contributed by atoms with Gasteiger partial charge in [-0.1, -0.05) is 27.2 Å². The topological polar surface area (TPSA) is 12.0 Å². The third-order valence-electron chi connectivity index (χ3n) is 3.71. The zero-order chi connectivity index (χ0) is 9.84. The first kappa shape index (κ1) is 11.0. The highest BCUT2D eigenvalue weighted by Crippen LogP contribution is 2.35. The minimum absolute atomic E-state index is 0.789. The smallest absolute Gasteiger partial charge is 0.00924 e. The van der Waals surface area contributed by atoms with E-state index in [-0.39, 0.29) is 0 Å². The maximum atomic E-state index is 3.43. The van der Waals surface area contributed by atoms with Crippen LogP contribution in [0.15, 0.2) is 0 Å². The fourth-order valence-corrected chi connectivity index (χ4v) is 2.61. The molecule has 0 heterocycles. The van der Waals surface area contributed by atoms with Gasteiger partial charge in [0.1, 0.15) is 0 Å². The lowest BCUT2D eigenvalue weighted by Gasteiger charge is -2.20. The quantitative estimate of drug-likeness (QED) is 0.706. The van der Waals surface area contributed by atoms with Gasteiger partial charge in [-0.3, -0.25) is 0 Å². The molecule has 1 heteroatoms. The molecule has 78 valence electrons. The summed E-state index contributed by atoms with van der Waals surface area (Å²) in [7, 11) is 2.10. The highest BCUT2D eigenvalue weighted by atomic mass is 14.9. The van der Waals surface area contributed by atoms with E-state index in [4.69, 9.17) is 0 Å². The first-order valence-electron chi connectivity index (χ1n) is 5.82. The first-order chi connectivity index (χ1) is 6.15. The van der Waals surface area contributed by atoms with Gasteiger partial charge >= 0.3 is 0 Å². The van der Waals surface area contributed by atoms with E-state index in [0.717, 1.165) is 23.8 Å². The van der Waals surface area contributed by atoms with Gasteiger partial charge in [0.2, 0.25) is 0 Å². The molecule has 0 spiro atoms. The van der Waals surface area contributed by atoms with Gasteiger partial charge in [0.05, 0.1) is 0 Å². The lowest BCUT2D eigenvalue weighted by atomic mass is 9.89. The van der Waals surface area contributed by atoms with Gasteiger partial charge in [-0.2, -0.15) is 0 Å². The summed E-state index contributed by atoms with van der Waals surface area (Å²) in [6.07, 6.45) is 5.68. The zero-order valence-electron chi connectivity index (χ0n) is 9.64. The van der Waals surface area contributed by atoms with Crippen molar-refractivity contribution in [1.29, 1.82) is 0 Å². The van der Waals surface area contributed by atoms with Crippen LogP contribution in [-0.2, 0) is 0 Å². The van der Waals surface area contributed by atoms with Crippen molar-refractivity contribution >= 4 is 0 Å². The van der Waals surface area contributed by atoms with E-state index in [2.05, 4.69) is 33.1 Å². The van der Waals surface area contributed by atoms with Gasteiger partial charge in [0.25, 0.3) is 0 Å². The van der Waals surface area contributed by atoms with E-state index < -0.39 is 0 Å². The predicted octanol–water partition coefficient (Wildman–Crippen LogP) is 3.06. The van der Waals surface area contributed by atoms with E-state index >= 15 is 0 Å². The third-order valence-corrected chi connectivity index (χ3v) is 3.71. The standard InChI is InChI=1S/C12H25N/c1-9(2)5-6-11-7-8-12(13-4)10(11)3/h9-13H,5-8H2,1-4H3. The van der Waals surface area contributed by atoms with Crippen molar-refractivity contribution in [2.45, 2.75) is 52.5 Å². The molecule has 1 fully saturated rings. The van der Waals surface area contributed by atoms with Gasteiger partial charge in [0.15, 0.2) is 0 Å². The van der Waals surface area contributed by atoms with Crippen LogP contribution in [0.25, 0.3) is 0 Å². The molecule has 0 aromatic rings. The molecule has 0 saturated heterocycles.